The van der Waals surface area contributed by atoms with E-state index >= 15 is 0 Å². The molecule has 128 valence electrons. The Kier molecular flexibility index (Phi) is 4.94. The molecule has 0 aliphatic heterocycles. The van der Waals surface area contributed by atoms with Crippen molar-refractivity contribution in [3.8, 4) is 17.1 Å². The number of para-hydroxylation sites is 2. The zero-order valence-electron chi connectivity index (χ0n) is 13.9. The molecule has 0 spiro atoms. The minimum absolute atomic E-state index is 0.356. The number of rotatable bonds is 5. The Balaban J connectivity index is 1.65. The number of benzene rings is 2. The number of hydrogen-bond donors (Lipinski definition) is 2. The maximum atomic E-state index is 12.1. The molecular formula is C18H18N4O3. The highest BCUT2D eigenvalue weighted by Gasteiger charge is 2.09. The molecule has 2 N–H and O–H groups in total. The molecule has 1 heterocycles. The first-order valence-electron chi connectivity index (χ1n) is 7.83. The molecule has 2 amide bonds. The largest absolute Gasteiger partial charge is 0.495 e. The van der Waals surface area contributed by atoms with Crippen LogP contribution < -0.4 is 15.4 Å². The third kappa shape index (κ3) is 3.95. The van der Waals surface area contributed by atoms with Crippen molar-refractivity contribution < 1.29 is 14.1 Å². The lowest BCUT2D eigenvalue weighted by Gasteiger charge is -2.11. The Labute approximate surface area is 145 Å². The third-order valence-electron chi connectivity index (χ3n) is 3.53. The monoisotopic (exact) mass is 338 g/mol. The van der Waals surface area contributed by atoms with Crippen LogP contribution in [0, 0.1) is 0 Å². The van der Waals surface area contributed by atoms with Gasteiger partial charge in [0, 0.05) is 17.7 Å². The lowest BCUT2D eigenvalue weighted by Crippen LogP contribution is -2.19. The average molecular weight is 338 g/mol. The molecule has 0 aliphatic carbocycles. The zero-order valence-corrected chi connectivity index (χ0v) is 13.9. The summed E-state index contributed by atoms with van der Waals surface area (Å²) in [4.78, 5) is 16.4. The van der Waals surface area contributed by atoms with Crippen LogP contribution in [0.1, 0.15) is 12.8 Å². The Morgan fingerprint density at radius 1 is 1.12 bits per heavy atom. The van der Waals surface area contributed by atoms with E-state index in [0.29, 0.717) is 35.3 Å². The topological polar surface area (TPSA) is 89.3 Å². The number of urea groups is 1. The van der Waals surface area contributed by atoms with Crippen molar-refractivity contribution in [2.75, 3.05) is 17.7 Å². The summed E-state index contributed by atoms with van der Waals surface area (Å²) in [6.45, 7) is 1.95. The van der Waals surface area contributed by atoms with Gasteiger partial charge < -0.3 is 19.9 Å². The van der Waals surface area contributed by atoms with E-state index in [1.807, 2.05) is 31.2 Å². The second kappa shape index (κ2) is 7.48. The fourth-order valence-corrected chi connectivity index (χ4v) is 2.25. The lowest BCUT2D eigenvalue weighted by molar-refractivity contribution is 0.262. The number of methoxy groups -OCH3 is 1. The van der Waals surface area contributed by atoms with Gasteiger partial charge in [-0.15, -0.1) is 0 Å². The van der Waals surface area contributed by atoms with Crippen molar-refractivity contribution in [2.24, 2.45) is 0 Å². The lowest BCUT2D eigenvalue weighted by atomic mass is 10.2. The summed E-state index contributed by atoms with van der Waals surface area (Å²) < 4.78 is 10.3. The van der Waals surface area contributed by atoms with Crippen molar-refractivity contribution in [1.82, 2.24) is 10.1 Å². The van der Waals surface area contributed by atoms with E-state index in [-0.39, 0.29) is 6.03 Å². The van der Waals surface area contributed by atoms with E-state index < -0.39 is 0 Å². The summed E-state index contributed by atoms with van der Waals surface area (Å²) >= 11 is 0. The molecule has 0 bridgehead atoms. The van der Waals surface area contributed by atoms with E-state index in [1.165, 1.54) is 0 Å². The Morgan fingerprint density at radius 3 is 2.56 bits per heavy atom. The maximum absolute atomic E-state index is 12.1. The van der Waals surface area contributed by atoms with Gasteiger partial charge in [0.25, 0.3) is 0 Å². The second-order valence-electron chi connectivity index (χ2n) is 5.22. The van der Waals surface area contributed by atoms with Gasteiger partial charge in [0.1, 0.15) is 5.75 Å². The second-order valence-corrected chi connectivity index (χ2v) is 5.22. The summed E-state index contributed by atoms with van der Waals surface area (Å²) in [5.74, 6) is 1.71. The highest BCUT2D eigenvalue weighted by atomic mass is 16.5. The number of aryl methyl sites for hydroxylation is 1. The maximum Gasteiger partial charge on any atom is 0.323 e. The molecule has 0 saturated carbocycles. The summed E-state index contributed by atoms with van der Waals surface area (Å²) in [6, 6.07) is 14.0. The standard InChI is InChI=1S/C18H18N4O3/c1-3-16-21-17(22-25-16)12-8-10-13(11-9-12)19-18(23)20-14-6-4-5-7-15(14)24-2/h4-11H,3H2,1-2H3,(H2,19,20,23). The molecule has 0 fully saturated rings. The number of nitrogens with one attached hydrogen (secondary N) is 2. The van der Waals surface area contributed by atoms with Gasteiger partial charge in [0.05, 0.1) is 12.8 Å². The van der Waals surface area contributed by atoms with Crippen LogP contribution in [0.4, 0.5) is 16.2 Å². The van der Waals surface area contributed by atoms with Crippen molar-refractivity contribution in [3.05, 3.63) is 54.4 Å². The summed E-state index contributed by atoms with van der Waals surface area (Å²) in [7, 11) is 1.55. The number of aromatic nitrogens is 2. The van der Waals surface area contributed by atoms with Crippen LogP contribution in [0.5, 0.6) is 5.75 Å². The van der Waals surface area contributed by atoms with Gasteiger partial charge in [0.15, 0.2) is 0 Å². The molecule has 1 aromatic heterocycles. The average Bonchev–Trinajstić information content (AvgIpc) is 3.12. The molecular weight excluding hydrogens is 320 g/mol. The SMILES string of the molecule is CCc1nc(-c2ccc(NC(=O)Nc3ccccc3OC)cc2)no1. The van der Waals surface area contributed by atoms with Gasteiger partial charge in [-0.1, -0.05) is 24.2 Å². The van der Waals surface area contributed by atoms with E-state index in [2.05, 4.69) is 20.8 Å². The van der Waals surface area contributed by atoms with Gasteiger partial charge in [-0.2, -0.15) is 4.98 Å². The quantitative estimate of drug-likeness (QED) is 0.735. The highest BCUT2D eigenvalue weighted by Crippen LogP contribution is 2.23. The zero-order chi connectivity index (χ0) is 17.6. The van der Waals surface area contributed by atoms with Crippen molar-refractivity contribution >= 4 is 17.4 Å². The van der Waals surface area contributed by atoms with Crippen LogP contribution in [0.2, 0.25) is 0 Å². The highest BCUT2D eigenvalue weighted by molar-refractivity contribution is 6.00. The molecule has 7 nitrogen and oxygen atoms in total. The van der Waals surface area contributed by atoms with Crippen LogP contribution in [0.25, 0.3) is 11.4 Å². The first kappa shape index (κ1) is 16.5. The van der Waals surface area contributed by atoms with Crippen LogP contribution in [0.3, 0.4) is 0 Å². The summed E-state index contributed by atoms with van der Waals surface area (Å²) in [5, 5.41) is 9.44. The summed E-state index contributed by atoms with van der Waals surface area (Å²) in [6.07, 6.45) is 0.690. The smallest absolute Gasteiger partial charge is 0.323 e. The van der Waals surface area contributed by atoms with E-state index in [4.69, 9.17) is 9.26 Å². The van der Waals surface area contributed by atoms with E-state index in [1.54, 1.807) is 31.4 Å². The van der Waals surface area contributed by atoms with Crippen LogP contribution in [-0.2, 0) is 6.42 Å². The molecule has 0 atom stereocenters. The predicted octanol–water partition coefficient (Wildman–Crippen LogP) is 3.95. The molecule has 7 heteroatoms. The van der Waals surface area contributed by atoms with Gasteiger partial charge in [-0.3, -0.25) is 0 Å². The van der Waals surface area contributed by atoms with Crippen LogP contribution in [-0.4, -0.2) is 23.3 Å². The van der Waals surface area contributed by atoms with Gasteiger partial charge in [-0.05, 0) is 36.4 Å². The Morgan fingerprint density at radius 2 is 1.88 bits per heavy atom. The molecule has 0 radical (unpaired) electrons. The van der Waals surface area contributed by atoms with E-state index in [9.17, 15) is 4.79 Å². The van der Waals surface area contributed by atoms with Crippen molar-refractivity contribution in [3.63, 3.8) is 0 Å². The van der Waals surface area contributed by atoms with Crippen LogP contribution in [0.15, 0.2) is 53.1 Å². The Hall–Kier alpha value is -3.35. The van der Waals surface area contributed by atoms with Gasteiger partial charge >= 0.3 is 6.03 Å². The molecule has 0 unspecified atom stereocenters. The van der Waals surface area contributed by atoms with Crippen molar-refractivity contribution in [1.29, 1.82) is 0 Å². The fraction of sp³-hybridized carbons (Fsp3) is 0.167. The number of hydrogen-bond acceptors (Lipinski definition) is 5. The first-order valence-corrected chi connectivity index (χ1v) is 7.83. The molecule has 3 aromatic rings. The first-order chi connectivity index (χ1) is 12.2. The number of anilines is 2. The van der Waals surface area contributed by atoms with Gasteiger partial charge in [-0.25, -0.2) is 4.79 Å². The third-order valence-corrected chi connectivity index (χ3v) is 3.53. The summed E-state index contributed by atoms with van der Waals surface area (Å²) in [5.41, 5.74) is 2.06. The minimum Gasteiger partial charge on any atom is -0.495 e. The normalized spacial score (nSPS) is 10.3. The number of amides is 2. The number of nitrogens with zero attached hydrogens (tertiary/aromatic N) is 2. The molecule has 0 saturated heterocycles. The Bertz CT molecular complexity index is 859. The number of ether oxygens (including phenoxy) is 1. The number of carbonyl (C=O) groups is 1. The van der Waals surface area contributed by atoms with E-state index in [0.717, 1.165) is 5.56 Å². The molecule has 2 aromatic carbocycles. The van der Waals surface area contributed by atoms with Crippen LogP contribution >= 0.6 is 0 Å². The fourth-order valence-electron chi connectivity index (χ4n) is 2.25. The molecule has 0 aliphatic rings. The van der Waals surface area contributed by atoms with Gasteiger partial charge in [0.2, 0.25) is 11.7 Å². The minimum atomic E-state index is -0.356. The number of carbonyl (C=O) groups excluding carboxylic acids is 1. The van der Waals surface area contributed by atoms with Crippen molar-refractivity contribution in [2.45, 2.75) is 13.3 Å². The molecule has 3 rings (SSSR count). The molecule has 25 heavy (non-hydrogen) atoms. The predicted molar refractivity (Wildman–Crippen MR) is 94.7 cm³/mol.